The summed E-state index contributed by atoms with van der Waals surface area (Å²) >= 11 is 0. The lowest BCUT2D eigenvalue weighted by Crippen LogP contribution is -2.30. The molecule has 1 N–H and O–H groups in total. The maximum absolute atomic E-state index is 5.90. The van der Waals surface area contributed by atoms with Crippen LogP contribution in [0.2, 0.25) is 0 Å². The SMILES string of the molecule is CCc1cccc(/C=N/Nc2cc(N3CCCCC3)nc(OCCc3ccccn3)n2)c1. The zero-order valence-corrected chi connectivity index (χ0v) is 18.6. The van der Waals surface area contributed by atoms with Crippen LogP contribution in [0.5, 0.6) is 6.01 Å². The third-order valence-corrected chi connectivity index (χ3v) is 5.44. The van der Waals surface area contributed by atoms with Gasteiger partial charge in [0.25, 0.3) is 0 Å². The minimum absolute atomic E-state index is 0.356. The Bertz CT molecular complexity index is 1020. The van der Waals surface area contributed by atoms with Crippen LogP contribution in [0, 0.1) is 0 Å². The van der Waals surface area contributed by atoms with E-state index in [2.05, 4.69) is 49.4 Å². The standard InChI is InChI=1S/C25H30N6O/c1-2-20-9-8-10-21(17-20)19-27-30-23-18-24(31-14-6-3-7-15-31)29-25(28-23)32-16-12-22-11-4-5-13-26-22/h4-5,8-11,13,17-19H,2-3,6-7,12,14-16H2,1H3,(H,28,29,30)/b27-19+. The van der Waals surface area contributed by atoms with Crippen LogP contribution < -0.4 is 15.1 Å². The van der Waals surface area contributed by atoms with Crippen molar-refractivity contribution in [1.29, 1.82) is 0 Å². The molecule has 0 bridgehead atoms. The predicted molar refractivity (Wildman–Crippen MR) is 129 cm³/mol. The van der Waals surface area contributed by atoms with Crippen molar-refractivity contribution in [2.45, 2.75) is 39.0 Å². The second-order valence-corrected chi connectivity index (χ2v) is 7.83. The highest BCUT2D eigenvalue weighted by molar-refractivity contribution is 5.80. The van der Waals surface area contributed by atoms with Crippen molar-refractivity contribution in [1.82, 2.24) is 15.0 Å². The zero-order valence-electron chi connectivity index (χ0n) is 18.6. The van der Waals surface area contributed by atoms with E-state index < -0.39 is 0 Å². The molecule has 3 aromatic rings. The van der Waals surface area contributed by atoms with Gasteiger partial charge in [0.15, 0.2) is 5.82 Å². The van der Waals surface area contributed by atoms with Gasteiger partial charge in [0.05, 0.1) is 12.8 Å². The predicted octanol–water partition coefficient (Wildman–Crippen LogP) is 4.49. The molecule has 1 aromatic carbocycles. The number of anilines is 2. The van der Waals surface area contributed by atoms with E-state index in [-0.39, 0.29) is 0 Å². The number of aromatic nitrogens is 3. The number of benzene rings is 1. The Morgan fingerprint density at radius 1 is 1.06 bits per heavy atom. The highest BCUT2D eigenvalue weighted by Gasteiger charge is 2.15. The van der Waals surface area contributed by atoms with Gasteiger partial charge < -0.3 is 9.64 Å². The molecule has 1 fully saturated rings. The number of ether oxygens (including phenoxy) is 1. The molecule has 0 aliphatic carbocycles. The molecule has 4 rings (SSSR count). The highest BCUT2D eigenvalue weighted by atomic mass is 16.5. The van der Waals surface area contributed by atoms with Gasteiger partial charge in [-0.15, -0.1) is 0 Å². The van der Waals surface area contributed by atoms with Gasteiger partial charge in [-0.05, 0) is 48.9 Å². The number of hydrogen-bond acceptors (Lipinski definition) is 7. The van der Waals surface area contributed by atoms with Crippen molar-refractivity contribution in [3.05, 3.63) is 71.5 Å². The minimum Gasteiger partial charge on any atom is -0.463 e. The number of hydrazone groups is 1. The molecule has 0 saturated carbocycles. The number of nitrogens with zero attached hydrogens (tertiary/aromatic N) is 5. The molecular weight excluding hydrogens is 400 g/mol. The quantitative estimate of drug-likeness (QED) is 0.398. The Morgan fingerprint density at radius 3 is 2.78 bits per heavy atom. The number of rotatable bonds is 9. The molecule has 7 heteroatoms. The molecule has 166 valence electrons. The fourth-order valence-corrected chi connectivity index (χ4v) is 3.68. The first kappa shape index (κ1) is 21.7. The van der Waals surface area contributed by atoms with Crippen LogP contribution in [-0.4, -0.2) is 40.9 Å². The Morgan fingerprint density at radius 2 is 1.97 bits per heavy atom. The van der Waals surface area contributed by atoms with Gasteiger partial charge in [-0.25, -0.2) is 0 Å². The largest absolute Gasteiger partial charge is 0.463 e. The van der Waals surface area contributed by atoms with Gasteiger partial charge in [0.2, 0.25) is 0 Å². The summed E-state index contributed by atoms with van der Waals surface area (Å²) in [5.74, 6) is 1.49. The fraction of sp³-hybridized carbons (Fsp3) is 0.360. The first-order valence-corrected chi connectivity index (χ1v) is 11.3. The lowest BCUT2D eigenvalue weighted by molar-refractivity contribution is 0.295. The van der Waals surface area contributed by atoms with Crippen molar-refractivity contribution in [2.75, 3.05) is 30.0 Å². The smallest absolute Gasteiger partial charge is 0.320 e. The maximum Gasteiger partial charge on any atom is 0.320 e. The van der Waals surface area contributed by atoms with Crippen LogP contribution >= 0.6 is 0 Å². The lowest BCUT2D eigenvalue weighted by atomic mass is 10.1. The molecular formula is C25H30N6O. The summed E-state index contributed by atoms with van der Waals surface area (Å²) in [4.78, 5) is 15.8. The van der Waals surface area contributed by atoms with E-state index in [0.717, 1.165) is 36.6 Å². The third-order valence-electron chi connectivity index (χ3n) is 5.44. The minimum atomic E-state index is 0.356. The molecule has 1 aliphatic rings. The molecule has 0 unspecified atom stereocenters. The summed E-state index contributed by atoms with van der Waals surface area (Å²) in [6, 6.07) is 16.5. The van der Waals surface area contributed by atoms with Gasteiger partial charge in [0.1, 0.15) is 5.82 Å². The zero-order chi connectivity index (χ0) is 22.0. The van der Waals surface area contributed by atoms with Crippen LogP contribution in [0.1, 0.15) is 43.0 Å². The van der Waals surface area contributed by atoms with Gasteiger partial charge in [-0.3, -0.25) is 10.4 Å². The van der Waals surface area contributed by atoms with E-state index >= 15 is 0 Å². The van der Waals surface area contributed by atoms with Crippen molar-refractivity contribution >= 4 is 17.9 Å². The van der Waals surface area contributed by atoms with E-state index in [1.54, 1.807) is 6.20 Å². The van der Waals surface area contributed by atoms with Crippen LogP contribution in [0.3, 0.4) is 0 Å². The number of nitrogens with one attached hydrogen (secondary N) is 1. The van der Waals surface area contributed by atoms with Crippen LogP contribution in [0.4, 0.5) is 11.6 Å². The number of aryl methyl sites for hydroxylation is 1. The maximum atomic E-state index is 5.90. The summed E-state index contributed by atoms with van der Waals surface area (Å²) in [7, 11) is 0. The molecule has 0 radical (unpaired) electrons. The molecule has 1 saturated heterocycles. The van der Waals surface area contributed by atoms with Crippen LogP contribution in [0.15, 0.2) is 59.8 Å². The van der Waals surface area contributed by atoms with Crippen molar-refractivity contribution < 1.29 is 4.74 Å². The number of piperidine rings is 1. The number of pyridine rings is 1. The second kappa shape index (κ2) is 11.2. The molecule has 2 aromatic heterocycles. The second-order valence-electron chi connectivity index (χ2n) is 7.83. The first-order chi connectivity index (χ1) is 15.8. The molecule has 0 atom stereocenters. The Labute approximate surface area is 189 Å². The van der Waals surface area contributed by atoms with Gasteiger partial charge in [-0.1, -0.05) is 37.3 Å². The summed E-state index contributed by atoms with van der Waals surface area (Å²) in [5, 5.41) is 4.39. The van der Waals surface area contributed by atoms with Gasteiger partial charge >= 0.3 is 6.01 Å². The molecule has 32 heavy (non-hydrogen) atoms. The van der Waals surface area contributed by atoms with Crippen molar-refractivity contribution in [2.24, 2.45) is 5.10 Å². The highest BCUT2D eigenvalue weighted by Crippen LogP contribution is 2.23. The van der Waals surface area contributed by atoms with Gasteiger partial charge in [0, 0.05) is 37.5 Å². The molecule has 0 spiro atoms. The van der Waals surface area contributed by atoms with E-state index in [4.69, 9.17) is 4.74 Å². The summed E-state index contributed by atoms with van der Waals surface area (Å²) in [6.07, 6.45) is 8.92. The molecule has 3 heterocycles. The Balaban J connectivity index is 1.46. The first-order valence-electron chi connectivity index (χ1n) is 11.3. The van der Waals surface area contributed by atoms with E-state index in [1.165, 1.54) is 24.8 Å². The lowest BCUT2D eigenvalue weighted by Gasteiger charge is -2.28. The summed E-state index contributed by atoms with van der Waals surface area (Å²) < 4.78 is 5.90. The van der Waals surface area contributed by atoms with E-state index in [1.807, 2.05) is 42.6 Å². The van der Waals surface area contributed by atoms with E-state index in [0.29, 0.717) is 24.9 Å². The van der Waals surface area contributed by atoms with Crippen molar-refractivity contribution in [3.63, 3.8) is 0 Å². The Kier molecular flexibility index (Phi) is 7.63. The van der Waals surface area contributed by atoms with Crippen LogP contribution in [0.25, 0.3) is 0 Å². The number of hydrogen-bond donors (Lipinski definition) is 1. The third kappa shape index (κ3) is 6.26. The monoisotopic (exact) mass is 430 g/mol. The molecule has 1 aliphatic heterocycles. The summed E-state index contributed by atoms with van der Waals surface area (Å²) in [5.41, 5.74) is 6.38. The average Bonchev–Trinajstić information content (AvgIpc) is 2.85. The van der Waals surface area contributed by atoms with Crippen LogP contribution in [-0.2, 0) is 12.8 Å². The molecule has 0 amide bonds. The fourth-order valence-electron chi connectivity index (χ4n) is 3.68. The van der Waals surface area contributed by atoms with Crippen molar-refractivity contribution in [3.8, 4) is 6.01 Å². The summed E-state index contributed by atoms with van der Waals surface area (Å²) in [6.45, 7) is 4.60. The normalized spacial score (nSPS) is 14.0. The van der Waals surface area contributed by atoms with E-state index in [9.17, 15) is 0 Å². The average molecular weight is 431 g/mol. The Hall–Kier alpha value is -3.48. The topological polar surface area (TPSA) is 75.5 Å². The van der Waals surface area contributed by atoms with Gasteiger partial charge in [-0.2, -0.15) is 15.1 Å². The molecule has 7 nitrogen and oxygen atoms in total.